The summed E-state index contributed by atoms with van der Waals surface area (Å²) in [6.07, 6.45) is 0. The molecule has 264 valence electrons. The molecule has 0 amide bonds. The fraction of sp³-hybridized carbons (Fsp3) is 0.0566. The molecule has 0 N–H and O–H groups in total. The van der Waals surface area contributed by atoms with Crippen molar-refractivity contribution < 1.29 is 8.83 Å². The third-order valence-electron chi connectivity index (χ3n) is 12.3. The van der Waals surface area contributed by atoms with E-state index in [-0.39, 0.29) is 5.41 Å². The van der Waals surface area contributed by atoms with Crippen LogP contribution in [0, 0.1) is 0 Å². The van der Waals surface area contributed by atoms with Gasteiger partial charge in [0.15, 0.2) is 0 Å². The highest BCUT2D eigenvalue weighted by Crippen LogP contribution is 2.54. The summed E-state index contributed by atoms with van der Waals surface area (Å²) in [4.78, 5) is 2.47. The molecule has 11 aromatic rings. The average Bonchev–Trinajstić information content (AvgIpc) is 3.88. The van der Waals surface area contributed by atoms with E-state index in [1.165, 1.54) is 43.8 Å². The number of nitrogens with zero attached hydrogens (tertiary/aromatic N) is 1. The van der Waals surface area contributed by atoms with Crippen molar-refractivity contribution in [3.8, 4) is 22.3 Å². The minimum atomic E-state index is -0.160. The molecular formula is C53H35NO2. The third-order valence-corrected chi connectivity index (χ3v) is 12.3. The Morgan fingerprint density at radius 3 is 1.89 bits per heavy atom. The smallest absolute Gasteiger partial charge is 0.145 e. The Bertz CT molecular complexity index is 3410. The standard InChI is InChI=1S/C53H35NO2/c1-53(2)42-22-9-7-19-37(42)38-26-25-34(31-43(38)53)54(44-23-12-16-33-14-4-6-18-36(33)44)45-28-27-41-51-48(30-29-47-50(51)40-20-8-10-24-46(40)55-47)56-52(41)49(45)39-21-11-15-32-13-3-5-17-35(32)39/h3-31H,1-2H3. The Balaban J connectivity index is 1.23. The van der Waals surface area contributed by atoms with Crippen LogP contribution < -0.4 is 4.90 Å². The molecule has 1 aliphatic rings. The molecule has 0 radical (unpaired) electrons. The summed E-state index contributed by atoms with van der Waals surface area (Å²) >= 11 is 0. The minimum absolute atomic E-state index is 0.160. The molecule has 3 nitrogen and oxygen atoms in total. The first-order chi connectivity index (χ1) is 27.5. The fourth-order valence-corrected chi connectivity index (χ4v) is 9.67. The monoisotopic (exact) mass is 717 g/mol. The van der Waals surface area contributed by atoms with Crippen molar-refractivity contribution in [2.45, 2.75) is 19.3 Å². The first-order valence-corrected chi connectivity index (χ1v) is 19.3. The maximum Gasteiger partial charge on any atom is 0.145 e. The van der Waals surface area contributed by atoms with Gasteiger partial charge >= 0.3 is 0 Å². The van der Waals surface area contributed by atoms with Crippen LogP contribution in [0.15, 0.2) is 185 Å². The zero-order valence-electron chi connectivity index (χ0n) is 31.0. The molecule has 2 aromatic heterocycles. The second-order valence-electron chi connectivity index (χ2n) is 15.6. The SMILES string of the molecule is CC1(C)c2ccccc2-c2ccc(N(c3ccc4c(oc5ccc6oc7ccccc7c6c54)c3-c3cccc4ccccc34)c3cccc4ccccc34)cc21. The lowest BCUT2D eigenvalue weighted by atomic mass is 9.82. The summed E-state index contributed by atoms with van der Waals surface area (Å²) in [5.41, 5.74) is 14.0. The molecule has 0 aliphatic heterocycles. The zero-order valence-corrected chi connectivity index (χ0v) is 31.0. The lowest BCUT2D eigenvalue weighted by molar-refractivity contribution is 0.660. The van der Waals surface area contributed by atoms with Crippen LogP contribution in [0.3, 0.4) is 0 Å². The van der Waals surface area contributed by atoms with Gasteiger partial charge in [0.25, 0.3) is 0 Å². The van der Waals surface area contributed by atoms with Gasteiger partial charge in [0.2, 0.25) is 0 Å². The van der Waals surface area contributed by atoms with Crippen LogP contribution in [-0.4, -0.2) is 0 Å². The van der Waals surface area contributed by atoms with Gasteiger partial charge in [-0.2, -0.15) is 0 Å². The van der Waals surface area contributed by atoms with Gasteiger partial charge in [-0.1, -0.05) is 141 Å². The van der Waals surface area contributed by atoms with E-state index in [0.29, 0.717) is 0 Å². The van der Waals surface area contributed by atoms with Gasteiger partial charge in [-0.3, -0.25) is 0 Å². The molecule has 0 saturated heterocycles. The Morgan fingerprint density at radius 1 is 0.411 bits per heavy atom. The number of benzene rings is 9. The molecule has 9 aromatic carbocycles. The molecular weight excluding hydrogens is 683 g/mol. The maximum atomic E-state index is 7.14. The van der Waals surface area contributed by atoms with Crippen LogP contribution in [0.25, 0.3) is 87.7 Å². The summed E-state index contributed by atoms with van der Waals surface area (Å²) in [5.74, 6) is 0. The van der Waals surface area contributed by atoms with Crippen molar-refractivity contribution in [2.75, 3.05) is 4.90 Å². The quantitative estimate of drug-likeness (QED) is 0.182. The molecule has 12 rings (SSSR count). The van der Waals surface area contributed by atoms with E-state index in [1.54, 1.807) is 0 Å². The highest BCUT2D eigenvalue weighted by molar-refractivity contribution is 6.28. The van der Waals surface area contributed by atoms with Crippen molar-refractivity contribution in [2.24, 2.45) is 0 Å². The van der Waals surface area contributed by atoms with Gasteiger partial charge in [0, 0.05) is 43.6 Å². The molecule has 0 bridgehead atoms. The summed E-state index contributed by atoms with van der Waals surface area (Å²) < 4.78 is 13.5. The minimum Gasteiger partial charge on any atom is -0.456 e. The Hall–Kier alpha value is -7.10. The lowest BCUT2D eigenvalue weighted by Crippen LogP contribution is -2.17. The Labute approximate surface area is 323 Å². The number of anilines is 3. The molecule has 3 heteroatoms. The number of hydrogen-bond donors (Lipinski definition) is 0. The van der Waals surface area contributed by atoms with Crippen molar-refractivity contribution in [3.05, 3.63) is 187 Å². The van der Waals surface area contributed by atoms with Gasteiger partial charge in [0.1, 0.15) is 22.3 Å². The van der Waals surface area contributed by atoms with E-state index in [9.17, 15) is 0 Å². The van der Waals surface area contributed by atoms with Crippen molar-refractivity contribution in [1.82, 2.24) is 0 Å². The topological polar surface area (TPSA) is 29.5 Å². The fourth-order valence-electron chi connectivity index (χ4n) is 9.67. The molecule has 0 fully saturated rings. The molecule has 2 heterocycles. The first-order valence-electron chi connectivity index (χ1n) is 19.3. The van der Waals surface area contributed by atoms with Crippen LogP contribution in [-0.2, 0) is 5.41 Å². The summed E-state index contributed by atoms with van der Waals surface area (Å²) in [6.45, 7) is 4.71. The normalized spacial score (nSPS) is 13.3. The molecule has 56 heavy (non-hydrogen) atoms. The van der Waals surface area contributed by atoms with Crippen LogP contribution in [0.5, 0.6) is 0 Å². The summed E-state index contributed by atoms with van der Waals surface area (Å²) in [5, 5.41) is 9.03. The van der Waals surface area contributed by atoms with E-state index >= 15 is 0 Å². The predicted molar refractivity (Wildman–Crippen MR) is 234 cm³/mol. The van der Waals surface area contributed by atoms with E-state index < -0.39 is 0 Å². The predicted octanol–water partition coefficient (Wildman–Crippen LogP) is 15.2. The van der Waals surface area contributed by atoms with E-state index in [2.05, 4.69) is 176 Å². The van der Waals surface area contributed by atoms with Crippen LogP contribution in [0.4, 0.5) is 17.1 Å². The first kappa shape index (κ1) is 31.3. The number of rotatable bonds is 4. The lowest BCUT2D eigenvalue weighted by Gasteiger charge is -2.31. The van der Waals surface area contributed by atoms with Crippen LogP contribution in [0.2, 0.25) is 0 Å². The number of para-hydroxylation sites is 1. The highest BCUT2D eigenvalue weighted by atomic mass is 16.3. The molecule has 0 atom stereocenters. The highest BCUT2D eigenvalue weighted by Gasteiger charge is 2.36. The molecule has 1 aliphatic carbocycles. The molecule has 0 saturated carbocycles. The van der Waals surface area contributed by atoms with Crippen LogP contribution >= 0.6 is 0 Å². The van der Waals surface area contributed by atoms with Crippen molar-refractivity contribution in [3.63, 3.8) is 0 Å². The molecule has 0 spiro atoms. The number of furan rings is 2. The van der Waals surface area contributed by atoms with Gasteiger partial charge in [-0.25, -0.2) is 0 Å². The number of hydrogen-bond acceptors (Lipinski definition) is 3. The number of fused-ring (bicyclic) bond motifs is 12. The zero-order chi connectivity index (χ0) is 37.1. The Morgan fingerprint density at radius 2 is 1.04 bits per heavy atom. The van der Waals surface area contributed by atoms with E-state index in [1.807, 2.05) is 18.2 Å². The maximum absolute atomic E-state index is 7.14. The van der Waals surface area contributed by atoms with Gasteiger partial charge < -0.3 is 13.7 Å². The van der Waals surface area contributed by atoms with E-state index in [0.717, 1.165) is 72.1 Å². The third kappa shape index (κ3) is 4.28. The largest absolute Gasteiger partial charge is 0.456 e. The van der Waals surface area contributed by atoms with Crippen LogP contribution in [0.1, 0.15) is 25.0 Å². The second kappa shape index (κ2) is 11.5. The molecule has 0 unspecified atom stereocenters. The average molecular weight is 718 g/mol. The van der Waals surface area contributed by atoms with Gasteiger partial charge in [-0.15, -0.1) is 0 Å². The Kier molecular flexibility index (Phi) is 6.40. The van der Waals surface area contributed by atoms with Gasteiger partial charge in [-0.05, 0) is 92.5 Å². The summed E-state index contributed by atoms with van der Waals surface area (Å²) in [7, 11) is 0. The van der Waals surface area contributed by atoms with Crippen molar-refractivity contribution >= 4 is 82.5 Å². The van der Waals surface area contributed by atoms with Crippen molar-refractivity contribution in [1.29, 1.82) is 0 Å². The van der Waals surface area contributed by atoms with Gasteiger partial charge in [0.05, 0.1) is 11.4 Å². The van der Waals surface area contributed by atoms with E-state index in [4.69, 9.17) is 8.83 Å². The summed E-state index contributed by atoms with van der Waals surface area (Å²) in [6, 6.07) is 63.5. The second-order valence-corrected chi connectivity index (χ2v) is 15.6.